The third-order valence-corrected chi connectivity index (χ3v) is 4.17. The minimum atomic E-state index is 0.498. The monoisotopic (exact) mass is 261 g/mol. The first-order chi connectivity index (χ1) is 9.17. The third-order valence-electron chi connectivity index (χ3n) is 4.17. The predicted molar refractivity (Wildman–Crippen MR) is 77.2 cm³/mol. The first kappa shape index (κ1) is 12.7. The van der Waals surface area contributed by atoms with E-state index in [1.165, 1.54) is 25.8 Å². The topological polar surface area (TPSA) is 67.1 Å². The minimum absolute atomic E-state index is 0.498. The number of likely N-dealkylation sites (tertiary alicyclic amines) is 1. The molecule has 3 N–H and O–H groups in total. The van der Waals surface area contributed by atoms with Gasteiger partial charge < -0.3 is 11.1 Å². The molecule has 1 saturated carbocycles. The van der Waals surface area contributed by atoms with Crippen molar-refractivity contribution >= 4 is 11.6 Å². The standard InChI is InChI=1S/C14H23N5/c1-3-12-17-13(15)9(2)14(18-12)16-10-6-7-19(8-10)11-4-5-11/h10-11H,3-8H2,1-2H3,(H3,15,16,17,18). The van der Waals surface area contributed by atoms with Crippen LogP contribution in [0.1, 0.15) is 37.6 Å². The summed E-state index contributed by atoms with van der Waals surface area (Å²) in [4.78, 5) is 11.5. The fourth-order valence-corrected chi connectivity index (χ4v) is 2.75. The Bertz CT molecular complexity index is 469. The van der Waals surface area contributed by atoms with Crippen LogP contribution in [0.3, 0.4) is 0 Å². The summed E-state index contributed by atoms with van der Waals surface area (Å²) in [5.74, 6) is 2.35. The lowest BCUT2D eigenvalue weighted by molar-refractivity contribution is 0.326. The van der Waals surface area contributed by atoms with Gasteiger partial charge in [-0.3, -0.25) is 4.90 Å². The summed E-state index contributed by atoms with van der Waals surface area (Å²) in [6, 6.07) is 1.35. The van der Waals surface area contributed by atoms with Gasteiger partial charge in [-0.15, -0.1) is 0 Å². The number of nitrogens with zero attached hydrogens (tertiary/aromatic N) is 3. The van der Waals surface area contributed by atoms with Gasteiger partial charge in [0.2, 0.25) is 0 Å². The van der Waals surface area contributed by atoms with E-state index in [9.17, 15) is 0 Å². The summed E-state index contributed by atoms with van der Waals surface area (Å²) in [5, 5.41) is 3.56. The Morgan fingerprint density at radius 1 is 1.32 bits per heavy atom. The smallest absolute Gasteiger partial charge is 0.135 e. The van der Waals surface area contributed by atoms with Crippen LogP contribution in [0, 0.1) is 6.92 Å². The van der Waals surface area contributed by atoms with Crippen molar-refractivity contribution in [2.75, 3.05) is 24.1 Å². The van der Waals surface area contributed by atoms with Crippen molar-refractivity contribution in [3.63, 3.8) is 0 Å². The number of nitrogen functional groups attached to an aromatic ring is 1. The second kappa shape index (κ2) is 4.96. The van der Waals surface area contributed by atoms with Crippen LogP contribution in [-0.2, 0) is 6.42 Å². The zero-order chi connectivity index (χ0) is 13.4. The van der Waals surface area contributed by atoms with Gasteiger partial charge in [0.15, 0.2) is 0 Å². The lowest BCUT2D eigenvalue weighted by Gasteiger charge is -2.18. The molecule has 1 aliphatic heterocycles. The number of anilines is 2. The van der Waals surface area contributed by atoms with E-state index >= 15 is 0 Å². The van der Waals surface area contributed by atoms with Crippen LogP contribution in [0.4, 0.5) is 11.6 Å². The maximum Gasteiger partial charge on any atom is 0.135 e. The first-order valence-electron chi connectivity index (χ1n) is 7.31. The molecule has 0 bridgehead atoms. The van der Waals surface area contributed by atoms with Gasteiger partial charge in [0.25, 0.3) is 0 Å². The number of rotatable bonds is 4. The zero-order valence-electron chi connectivity index (χ0n) is 11.8. The Labute approximate surface area is 114 Å². The molecule has 2 aliphatic rings. The molecule has 5 nitrogen and oxygen atoms in total. The van der Waals surface area contributed by atoms with Gasteiger partial charge >= 0.3 is 0 Å². The number of aromatic nitrogens is 2. The Morgan fingerprint density at radius 2 is 2.11 bits per heavy atom. The van der Waals surface area contributed by atoms with E-state index in [1.807, 2.05) is 6.92 Å². The Morgan fingerprint density at radius 3 is 2.79 bits per heavy atom. The average molecular weight is 261 g/mol. The van der Waals surface area contributed by atoms with Gasteiger partial charge in [0, 0.05) is 37.2 Å². The van der Waals surface area contributed by atoms with Gasteiger partial charge in [-0.05, 0) is 26.2 Å². The van der Waals surface area contributed by atoms with E-state index in [0.717, 1.165) is 36.2 Å². The lowest BCUT2D eigenvalue weighted by Crippen LogP contribution is -2.28. The second-order valence-electron chi connectivity index (χ2n) is 5.71. The van der Waals surface area contributed by atoms with Crippen LogP contribution in [0.2, 0.25) is 0 Å². The summed E-state index contributed by atoms with van der Waals surface area (Å²) >= 11 is 0. The summed E-state index contributed by atoms with van der Waals surface area (Å²) < 4.78 is 0. The largest absolute Gasteiger partial charge is 0.383 e. The van der Waals surface area contributed by atoms with Gasteiger partial charge in [-0.25, -0.2) is 9.97 Å². The summed E-state index contributed by atoms with van der Waals surface area (Å²) in [7, 11) is 0. The molecule has 0 radical (unpaired) electrons. The normalized spacial score (nSPS) is 23.8. The molecule has 3 rings (SSSR count). The number of hydrogen-bond donors (Lipinski definition) is 2. The van der Waals surface area contributed by atoms with Crippen molar-refractivity contribution < 1.29 is 0 Å². The molecule has 1 atom stereocenters. The van der Waals surface area contributed by atoms with Crippen molar-refractivity contribution in [1.29, 1.82) is 0 Å². The van der Waals surface area contributed by atoms with Crippen molar-refractivity contribution in [3.8, 4) is 0 Å². The van der Waals surface area contributed by atoms with E-state index in [2.05, 4.69) is 27.1 Å². The molecular weight excluding hydrogens is 238 g/mol. The van der Waals surface area contributed by atoms with E-state index < -0.39 is 0 Å². The van der Waals surface area contributed by atoms with Crippen LogP contribution in [0.15, 0.2) is 0 Å². The van der Waals surface area contributed by atoms with E-state index in [-0.39, 0.29) is 0 Å². The first-order valence-corrected chi connectivity index (χ1v) is 7.31. The molecule has 1 unspecified atom stereocenters. The predicted octanol–water partition coefficient (Wildman–Crippen LogP) is 1.58. The third kappa shape index (κ3) is 2.66. The lowest BCUT2D eigenvalue weighted by atomic mass is 10.2. The van der Waals surface area contributed by atoms with Crippen molar-refractivity contribution in [1.82, 2.24) is 14.9 Å². The highest BCUT2D eigenvalue weighted by molar-refractivity contribution is 5.55. The summed E-state index contributed by atoms with van der Waals surface area (Å²) in [5.41, 5.74) is 6.93. The summed E-state index contributed by atoms with van der Waals surface area (Å²) in [6.07, 6.45) is 4.78. The van der Waals surface area contributed by atoms with Gasteiger partial charge in [-0.2, -0.15) is 0 Å². The SMILES string of the molecule is CCc1nc(N)c(C)c(NC2CCN(C3CC3)C2)n1. The van der Waals surface area contributed by atoms with Crippen molar-refractivity contribution in [2.45, 2.75) is 51.6 Å². The molecule has 0 amide bonds. The molecule has 2 heterocycles. The van der Waals surface area contributed by atoms with E-state index in [1.54, 1.807) is 0 Å². The second-order valence-corrected chi connectivity index (χ2v) is 5.71. The number of nitrogens with one attached hydrogen (secondary N) is 1. The molecule has 5 heteroatoms. The molecule has 104 valence electrons. The highest BCUT2D eigenvalue weighted by atomic mass is 15.2. The number of nitrogens with two attached hydrogens (primary N) is 1. The van der Waals surface area contributed by atoms with Crippen LogP contribution in [0.5, 0.6) is 0 Å². The molecule has 0 aromatic carbocycles. The molecule has 1 saturated heterocycles. The Kier molecular flexibility index (Phi) is 3.31. The molecular formula is C14H23N5. The maximum absolute atomic E-state index is 5.96. The van der Waals surface area contributed by atoms with E-state index in [4.69, 9.17) is 5.73 Å². The van der Waals surface area contributed by atoms with Gasteiger partial charge in [-0.1, -0.05) is 6.92 Å². The average Bonchev–Trinajstić information content (AvgIpc) is 3.15. The van der Waals surface area contributed by atoms with Crippen LogP contribution in [0.25, 0.3) is 0 Å². The fraction of sp³-hybridized carbons (Fsp3) is 0.714. The Balaban J connectivity index is 1.70. The molecule has 2 fully saturated rings. The Hall–Kier alpha value is -1.36. The van der Waals surface area contributed by atoms with Gasteiger partial charge in [0.05, 0.1) is 0 Å². The van der Waals surface area contributed by atoms with Crippen LogP contribution >= 0.6 is 0 Å². The number of hydrogen-bond acceptors (Lipinski definition) is 5. The molecule has 1 aromatic rings. The van der Waals surface area contributed by atoms with E-state index in [0.29, 0.717) is 11.9 Å². The molecule has 1 aliphatic carbocycles. The quantitative estimate of drug-likeness (QED) is 0.861. The summed E-state index contributed by atoms with van der Waals surface area (Å²) in [6.45, 7) is 6.39. The van der Waals surface area contributed by atoms with Crippen LogP contribution in [-0.4, -0.2) is 40.0 Å². The molecule has 19 heavy (non-hydrogen) atoms. The van der Waals surface area contributed by atoms with Crippen molar-refractivity contribution in [3.05, 3.63) is 11.4 Å². The molecule has 1 aromatic heterocycles. The molecule has 0 spiro atoms. The number of aryl methyl sites for hydroxylation is 1. The minimum Gasteiger partial charge on any atom is -0.383 e. The van der Waals surface area contributed by atoms with Crippen molar-refractivity contribution in [2.24, 2.45) is 0 Å². The highest BCUT2D eigenvalue weighted by Crippen LogP contribution is 2.31. The fourth-order valence-electron chi connectivity index (χ4n) is 2.75. The van der Waals surface area contributed by atoms with Crippen LogP contribution < -0.4 is 11.1 Å². The maximum atomic E-state index is 5.96. The van der Waals surface area contributed by atoms with Gasteiger partial charge in [0.1, 0.15) is 17.5 Å². The highest BCUT2D eigenvalue weighted by Gasteiger charge is 2.34. The zero-order valence-corrected chi connectivity index (χ0v) is 11.8.